The number of aliphatic hydroxyl groups is 1. The van der Waals surface area contributed by atoms with Crippen molar-refractivity contribution >= 4 is 11.6 Å². The number of aromatic nitrogens is 2. The third-order valence-electron chi connectivity index (χ3n) is 4.00. The van der Waals surface area contributed by atoms with Gasteiger partial charge in [0.2, 0.25) is 5.89 Å². The second kappa shape index (κ2) is 6.96. The first-order valence-corrected chi connectivity index (χ1v) is 7.83. The molecule has 128 valence electrons. The SMILES string of the molecule is Cc1nc(C(=O)NCc2ccc(N3CCC(O)CC3)c(F)c2)no1. The number of hydrogen-bond donors (Lipinski definition) is 2. The lowest BCUT2D eigenvalue weighted by molar-refractivity contribution is 0.0937. The highest BCUT2D eigenvalue weighted by Crippen LogP contribution is 2.24. The summed E-state index contributed by atoms with van der Waals surface area (Å²) in [6, 6.07) is 4.88. The van der Waals surface area contributed by atoms with Crippen LogP contribution in [0.5, 0.6) is 0 Å². The van der Waals surface area contributed by atoms with Crippen molar-refractivity contribution in [1.29, 1.82) is 0 Å². The van der Waals surface area contributed by atoms with Crippen LogP contribution in [-0.4, -0.2) is 40.3 Å². The second-order valence-corrected chi connectivity index (χ2v) is 5.82. The number of halogens is 1. The van der Waals surface area contributed by atoms with Gasteiger partial charge in [0.1, 0.15) is 5.82 Å². The van der Waals surface area contributed by atoms with E-state index in [9.17, 15) is 14.3 Å². The van der Waals surface area contributed by atoms with Gasteiger partial charge in [0, 0.05) is 26.6 Å². The van der Waals surface area contributed by atoms with Crippen molar-refractivity contribution in [2.24, 2.45) is 0 Å². The summed E-state index contributed by atoms with van der Waals surface area (Å²) in [5.74, 6) is -0.548. The molecule has 0 radical (unpaired) electrons. The molecule has 0 saturated carbocycles. The van der Waals surface area contributed by atoms with Crippen LogP contribution >= 0.6 is 0 Å². The molecule has 1 aromatic heterocycles. The van der Waals surface area contributed by atoms with Gasteiger partial charge in [0.25, 0.3) is 11.7 Å². The number of amides is 1. The van der Waals surface area contributed by atoms with Crippen LogP contribution in [-0.2, 0) is 6.54 Å². The highest BCUT2D eigenvalue weighted by atomic mass is 19.1. The Morgan fingerprint density at radius 1 is 1.46 bits per heavy atom. The number of piperidine rings is 1. The zero-order valence-corrected chi connectivity index (χ0v) is 13.3. The lowest BCUT2D eigenvalue weighted by atomic mass is 10.1. The van der Waals surface area contributed by atoms with Gasteiger partial charge in [-0.15, -0.1) is 0 Å². The molecule has 24 heavy (non-hydrogen) atoms. The van der Waals surface area contributed by atoms with Crippen LogP contribution in [0, 0.1) is 12.7 Å². The molecule has 1 fully saturated rings. The second-order valence-electron chi connectivity index (χ2n) is 5.82. The Kier molecular flexibility index (Phi) is 4.75. The highest BCUT2D eigenvalue weighted by Gasteiger charge is 2.20. The smallest absolute Gasteiger partial charge is 0.292 e. The minimum absolute atomic E-state index is 0.0449. The van der Waals surface area contributed by atoms with Gasteiger partial charge in [0.05, 0.1) is 11.8 Å². The highest BCUT2D eigenvalue weighted by molar-refractivity contribution is 5.90. The minimum Gasteiger partial charge on any atom is -0.393 e. The third-order valence-corrected chi connectivity index (χ3v) is 4.00. The molecule has 1 aliphatic rings. The summed E-state index contributed by atoms with van der Waals surface area (Å²) >= 11 is 0. The van der Waals surface area contributed by atoms with Crippen molar-refractivity contribution in [3.8, 4) is 0 Å². The predicted octanol–water partition coefficient (Wildman–Crippen LogP) is 1.41. The summed E-state index contributed by atoms with van der Waals surface area (Å²) in [5, 5.41) is 15.7. The van der Waals surface area contributed by atoms with E-state index in [0.29, 0.717) is 43.1 Å². The number of anilines is 1. The average molecular weight is 334 g/mol. The van der Waals surface area contributed by atoms with Crippen molar-refractivity contribution in [3.63, 3.8) is 0 Å². The van der Waals surface area contributed by atoms with Crippen molar-refractivity contribution < 1.29 is 18.8 Å². The number of rotatable bonds is 4. The van der Waals surface area contributed by atoms with E-state index in [2.05, 4.69) is 15.5 Å². The van der Waals surface area contributed by atoms with Gasteiger partial charge >= 0.3 is 0 Å². The average Bonchev–Trinajstić information content (AvgIpc) is 3.00. The standard InChI is InChI=1S/C16H19FN4O3/c1-10-19-15(20-24-10)16(23)18-9-11-2-3-14(13(17)8-11)21-6-4-12(22)5-7-21/h2-3,8,12,22H,4-7,9H2,1H3,(H,18,23). The molecular weight excluding hydrogens is 315 g/mol. The topological polar surface area (TPSA) is 91.5 Å². The van der Waals surface area contributed by atoms with Crippen LogP contribution in [0.3, 0.4) is 0 Å². The number of aliphatic hydroxyl groups excluding tert-OH is 1. The summed E-state index contributed by atoms with van der Waals surface area (Å²) in [5.41, 5.74) is 1.16. The summed E-state index contributed by atoms with van der Waals surface area (Å²) in [6.07, 6.45) is 0.982. The molecule has 1 amide bonds. The van der Waals surface area contributed by atoms with Crippen molar-refractivity contribution in [2.45, 2.75) is 32.4 Å². The van der Waals surface area contributed by atoms with Crippen LogP contribution in [0.4, 0.5) is 10.1 Å². The molecule has 1 aromatic carbocycles. The van der Waals surface area contributed by atoms with Crippen molar-refractivity contribution in [2.75, 3.05) is 18.0 Å². The van der Waals surface area contributed by atoms with Crippen molar-refractivity contribution in [3.05, 3.63) is 41.3 Å². The molecule has 0 unspecified atom stereocenters. The quantitative estimate of drug-likeness (QED) is 0.878. The Hall–Kier alpha value is -2.48. The Balaban J connectivity index is 1.61. The van der Waals surface area contributed by atoms with E-state index in [1.165, 1.54) is 6.07 Å². The van der Waals surface area contributed by atoms with Gasteiger partial charge in [-0.3, -0.25) is 4.79 Å². The zero-order chi connectivity index (χ0) is 17.1. The van der Waals surface area contributed by atoms with Gasteiger partial charge in [-0.2, -0.15) is 4.98 Å². The Labute approximate surface area is 138 Å². The number of aryl methyl sites for hydroxylation is 1. The molecule has 2 aromatic rings. The molecule has 1 aliphatic heterocycles. The molecule has 2 N–H and O–H groups in total. The third kappa shape index (κ3) is 3.70. The first kappa shape index (κ1) is 16.4. The number of carbonyl (C=O) groups excluding carboxylic acids is 1. The molecule has 1 saturated heterocycles. The summed E-state index contributed by atoms with van der Waals surface area (Å²) < 4.78 is 19.1. The molecule has 0 atom stereocenters. The maximum Gasteiger partial charge on any atom is 0.292 e. The molecule has 7 nitrogen and oxygen atoms in total. The fourth-order valence-electron chi connectivity index (χ4n) is 2.68. The predicted molar refractivity (Wildman–Crippen MR) is 84.1 cm³/mol. The first-order valence-electron chi connectivity index (χ1n) is 7.83. The van der Waals surface area contributed by atoms with E-state index in [1.807, 2.05) is 4.90 Å². The lowest BCUT2D eigenvalue weighted by Crippen LogP contribution is -2.36. The van der Waals surface area contributed by atoms with Gasteiger partial charge in [0.15, 0.2) is 0 Å². The van der Waals surface area contributed by atoms with Gasteiger partial charge in [-0.25, -0.2) is 4.39 Å². The maximum atomic E-state index is 14.3. The first-order chi connectivity index (χ1) is 11.5. The zero-order valence-electron chi connectivity index (χ0n) is 13.3. The number of benzene rings is 1. The van der Waals surface area contributed by atoms with E-state index < -0.39 is 5.91 Å². The molecule has 8 heteroatoms. The van der Waals surface area contributed by atoms with Crippen LogP contribution in [0.2, 0.25) is 0 Å². The molecule has 0 aliphatic carbocycles. The van der Waals surface area contributed by atoms with Crippen LogP contribution < -0.4 is 10.2 Å². The Morgan fingerprint density at radius 2 is 2.21 bits per heavy atom. The normalized spacial score (nSPS) is 15.5. The van der Waals surface area contributed by atoms with Crippen LogP contribution in [0.25, 0.3) is 0 Å². The van der Waals surface area contributed by atoms with E-state index in [1.54, 1.807) is 19.1 Å². The number of hydrogen-bond acceptors (Lipinski definition) is 6. The monoisotopic (exact) mass is 334 g/mol. The minimum atomic E-state index is -0.471. The van der Waals surface area contributed by atoms with Crippen LogP contribution in [0.15, 0.2) is 22.7 Å². The number of nitrogens with one attached hydrogen (secondary N) is 1. The fraction of sp³-hybridized carbons (Fsp3) is 0.438. The maximum absolute atomic E-state index is 14.3. The largest absolute Gasteiger partial charge is 0.393 e. The summed E-state index contributed by atoms with van der Waals surface area (Å²) in [4.78, 5) is 17.6. The van der Waals surface area contributed by atoms with E-state index in [-0.39, 0.29) is 24.3 Å². The van der Waals surface area contributed by atoms with Crippen molar-refractivity contribution in [1.82, 2.24) is 15.5 Å². The number of carbonyl (C=O) groups is 1. The van der Waals surface area contributed by atoms with E-state index in [4.69, 9.17) is 4.52 Å². The lowest BCUT2D eigenvalue weighted by Gasteiger charge is -2.31. The van der Waals surface area contributed by atoms with E-state index in [0.717, 1.165) is 0 Å². The fourth-order valence-corrected chi connectivity index (χ4v) is 2.68. The number of nitrogens with zero attached hydrogens (tertiary/aromatic N) is 3. The van der Waals surface area contributed by atoms with Gasteiger partial charge < -0.3 is 19.8 Å². The molecule has 3 rings (SSSR count). The Bertz CT molecular complexity index is 726. The summed E-state index contributed by atoms with van der Waals surface area (Å²) in [7, 11) is 0. The van der Waals surface area contributed by atoms with E-state index >= 15 is 0 Å². The van der Waals surface area contributed by atoms with Gasteiger partial charge in [-0.05, 0) is 30.5 Å². The molecular formula is C16H19FN4O3. The summed E-state index contributed by atoms with van der Waals surface area (Å²) in [6.45, 7) is 3.02. The molecule has 0 bridgehead atoms. The van der Waals surface area contributed by atoms with Gasteiger partial charge in [-0.1, -0.05) is 11.2 Å². The Morgan fingerprint density at radius 3 is 2.83 bits per heavy atom. The molecule has 0 spiro atoms. The molecule has 2 heterocycles. The van der Waals surface area contributed by atoms with Crippen LogP contribution in [0.1, 0.15) is 34.9 Å².